The summed E-state index contributed by atoms with van der Waals surface area (Å²) in [6.45, 7) is 0.644. The molecule has 0 amide bonds. The first-order chi connectivity index (χ1) is 9.34. The molecule has 2 aliphatic heterocycles. The van der Waals surface area contributed by atoms with E-state index in [9.17, 15) is 0 Å². The first-order valence-electron chi connectivity index (χ1n) is 6.33. The predicted octanol–water partition coefficient (Wildman–Crippen LogP) is 1.19. The first-order valence-corrected chi connectivity index (χ1v) is 6.33. The van der Waals surface area contributed by atoms with Crippen LogP contribution in [0.3, 0.4) is 0 Å². The fourth-order valence-electron chi connectivity index (χ4n) is 2.78. The van der Waals surface area contributed by atoms with E-state index in [2.05, 4.69) is 52.4 Å². The van der Waals surface area contributed by atoms with Crippen LogP contribution in [-0.2, 0) is 0 Å². The summed E-state index contributed by atoms with van der Waals surface area (Å²) in [6.07, 6.45) is 2.21. The van der Waals surface area contributed by atoms with Gasteiger partial charge in [0.05, 0.1) is 17.9 Å². The van der Waals surface area contributed by atoms with Crippen molar-refractivity contribution in [2.75, 3.05) is 11.4 Å². The molecule has 0 bridgehead atoms. The van der Waals surface area contributed by atoms with Crippen LogP contribution in [0.25, 0.3) is 11.8 Å². The van der Waals surface area contributed by atoms with Crippen LogP contribution in [0.4, 0.5) is 5.69 Å². The highest BCUT2D eigenvalue weighted by atomic mass is 35.5. The number of rotatable bonds is 0. The zero-order chi connectivity index (χ0) is 12.8. The average Bonchev–Trinajstić information content (AvgIpc) is 2.75. The van der Waals surface area contributed by atoms with Gasteiger partial charge in [-0.1, -0.05) is 42.5 Å². The summed E-state index contributed by atoms with van der Waals surface area (Å²) >= 11 is 0. The summed E-state index contributed by atoms with van der Waals surface area (Å²) < 4.78 is 0. The molecule has 20 heavy (non-hydrogen) atoms. The number of fused-ring (bicyclic) bond motifs is 4. The van der Waals surface area contributed by atoms with Crippen molar-refractivity contribution in [3.63, 3.8) is 0 Å². The lowest BCUT2D eigenvalue weighted by molar-refractivity contribution is 1.26. The van der Waals surface area contributed by atoms with E-state index in [4.69, 9.17) is 5.73 Å². The Bertz CT molecular complexity index is 824. The highest BCUT2D eigenvalue weighted by molar-refractivity contribution is 6.09. The third kappa shape index (κ3) is 1.71. The number of nitrogens with two attached hydrogens (primary N) is 1. The van der Waals surface area contributed by atoms with Crippen molar-refractivity contribution >= 4 is 35.8 Å². The number of hydrogen-bond acceptors (Lipinski definition) is 3. The number of hydrogen-bond donors (Lipinski definition) is 1. The van der Waals surface area contributed by atoms with Crippen molar-refractivity contribution < 1.29 is 0 Å². The third-order valence-corrected chi connectivity index (χ3v) is 3.65. The van der Waals surface area contributed by atoms with E-state index >= 15 is 0 Å². The Labute approximate surface area is 123 Å². The first kappa shape index (κ1) is 12.8. The summed E-state index contributed by atoms with van der Waals surface area (Å²) in [5.41, 5.74) is 9.51. The normalized spacial score (nSPS) is 15.1. The maximum Gasteiger partial charge on any atom is 0.200 e. The second kappa shape index (κ2) is 4.69. The quantitative estimate of drug-likeness (QED) is 0.789. The zero-order valence-corrected chi connectivity index (χ0v) is 11.6. The maximum absolute atomic E-state index is 6.07. The topological polar surface area (TPSA) is 41.6 Å². The molecule has 4 heteroatoms. The summed E-state index contributed by atoms with van der Waals surface area (Å²) in [4.78, 5) is 6.46. The lowest BCUT2D eigenvalue weighted by Gasteiger charge is -2.20. The second-order valence-corrected chi connectivity index (χ2v) is 4.75. The monoisotopic (exact) mass is 283 g/mol. The van der Waals surface area contributed by atoms with E-state index in [0.29, 0.717) is 12.5 Å². The molecule has 0 saturated heterocycles. The molecule has 0 atom stereocenters. The largest absolute Gasteiger partial charge is 0.369 e. The Balaban J connectivity index is 0.00000121. The number of para-hydroxylation sites is 1. The van der Waals surface area contributed by atoms with E-state index in [1.807, 2.05) is 12.1 Å². The SMILES string of the molecule is Cl.NC1=NCC2=c3ccccc3=Cc3ccccc3N12. The molecule has 2 aromatic carbocycles. The maximum atomic E-state index is 6.07. The summed E-state index contributed by atoms with van der Waals surface area (Å²) in [7, 11) is 0. The van der Waals surface area contributed by atoms with E-state index in [0.717, 1.165) is 11.4 Å². The molecule has 0 radical (unpaired) electrons. The molecule has 4 rings (SSSR count). The number of guanidine groups is 1. The highest BCUT2D eigenvalue weighted by Gasteiger charge is 2.25. The molecular formula is C16H14ClN3. The van der Waals surface area contributed by atoms with Gasteiger partial charge < -0.3 is 5.73 Å². The average molecular weight is 284 g/mol. The predicted molar refractivity (Wildman–Crippen MR) is 85.3 cm³/mol. The fraction of sp³-hybridized carbons (Fsp3) is 0.0625. The number of anilines is 1. The number of aliphatic imine (C=N–C) groups is 1. The fourth-order valence-corrected chi connectivity index (χ4v) is 2.78. The minimum atomic E-state index is 0. The molecule has 2 N–H and O–H groups in total. The van der Waals surface area contributed by atoms with Gasteiger partial charge in [0.1, 0.15) is 0 Å². The lowest BCUT2D eigenvalue weighted by Crippen LogP contribution is -2.37. The van der Waals surface area contributed by atoms with Gasteiger partial charge in [0.25, 0.3) is 0 Å². The summed E-state index contributed by atoms with van der Waals surface area (Å²) in [5.74, 6) is 0.576. The van der Waals surface area contributed by atoms with Crippen LogP contribution in [0.15, 0.2) is 53.5 Å². The minimum absolute atomic E-state index is 0. The Hall–Kier alpha value is -2.26. The molecule has 0 aromatic heterocycles. The van der Waals surface area contributed by atoms with E-state index in [-0.39, 0.29) is 12.4 Å². The number of nitrogens with zero attached hydrogens (tertiary/aromatic N) is 2. The number of benzene rings is 2. The van der Waals surface area contributed by atoms with Crippen molar-refractivity contribution in [3.05, 3.63) is 64.5 Å². The van der Waals surface area contributed by atoms with Crippen LogP contribution >= 0.6 is 12.4 Å². The van der Waals surface area contributed by atoms with Crippen molar-refractivity contribution in [2.45, 2.75) is 0 Å². The van der Waals surface area contributed by atoms with Crippen LogP contribution < -0.4 is 21.1 Å². The van der Waals surface area contributed by atoms with E-state index < -0.39 is 0 Å². The standard InChI is InChI=1S/C16H13N3.ClH/c17-16-18-10-15-13-7-3-1-5-11(13)9-12-6-2-4-8-14(12)19(15)16;/h1-9H,10H2,(H2,17,18);1H. The Morgan fingerprint density at radius 1 is 1.00 bits per heavy atom. The van der Waals surface area contributed by atoms with Crippen LogP contribution in [0.5, 0.6) is 0 Å². The molecule has 3 nitrogen and oxygen atoms in total. The molecule has 0 saturated carbocycles. The van der Waals surface area contributed by atoms with Crippen LogP contribution in [-0.4, -0.2) is 12.5 Å². The van der Waals surface area contributed by atoms with Crippen molar-refractivity contribution in [3.8, 4) is 0 Å². The van der Waals surface area contributed by atoms with Gasteiger partial charge in [-0.2, -0.15) is 0 Å². The molecule has 2 aliphatic rings. The molecule has 0 fully saturated rings. The molecule has 2 heterocycles. The van der Waals surface area contributed by atoms with Gasteiger partial charge in [0, 0.05) is 5.22 Å². The third-order valence-electron chi connectivity index (χ3n) is 3.65. The molecule has 0 unspecified atom stereocenters. The Morgan fingerprint density at radius 3 is 2.65 bits per heavy atom. The molecule has 2 aromatic rings. The smallest absolute Gasteiger partial charge is 0.200 e. The molecule has 0 aliphatic carbocycles. The molecular weight excluding hydrogens is 270 g/mol. The van der Waals surface area contributed by atoms with Crippen molar-refractivity contribution in [1.82, 2.24) is 0 Å². The van der Waals surface area contributed by atoms with Crippen molar-refractivity contribution in [1.29, 1.82) is 0 Å². The van der Waals surface area contributed by atoms with Gasteiger partial charge in [0.15, 0.2) is 0 Å². The van der Waals surface area contributed by atoms with Gasteiger partial charge >= 0.3 is 0 Å². The Morgan fingerprint density at radius 2 is 1.75 bits per heavy atom. The Kier molecular flexibility index (Phi) is 2.99. The van der Waals surface area contributed by atoms with Crippen LogP contribution in [0.2, 0.25) is 0 Å². The van der Waals surface area contributed by atoms with Gasteiger partial charge in [-0.05, 0) is 22.9 Å². The van der Waals surface area contributed by atoms with Crippen LogP contribution in [0.1, 0.15) is 5.56 Å². The molecule has 0 spiro atoms. The second-order valence-electron chi connectivity index (χ2n) is 4.75. The summed E-state index contributed by atoms with van der Waals surface area (Å²) in [5, 5.41) is 2.43. The van der Waals surface area contributed by atoms with Gasteiger partial charge in [-0.3, -0.25) is 4.90 Å². The zero-order valence-electron chi connectivity index (χ0n) is 10.8. The van der Waals surface area contributed by atoms with E-state index in [1.165, 1.54) is 16.0 Å². The van der Waals surface area contributed by atoms with Crippen LogP contribution in [0, 0.1) is 0 Å². The van der Waals surface area contributed by atoms with E-state index in [1.54, 1.807) is 0 Å². The van der Waals surface area contributed by atoms with Gasteiger partial charge in [-0.15, -0.1) is 12.4 Å². The van der Waals surface area contributed by atoms with Crippen molar-refractivity contribution in [2.24, 2.45) is 10.7 Å². The minimum Gasteiger partial charge on any atom is -0.369 e. The lowest BCUT2D eigenvalue weighted by atomic mass is 10.1. The number of halogens is 1. The highest BCUT2D eigenvalue weighted by Crippen LogP contribution is 2.28. The van der Waals surface area contributed by atoms with Gasteiger partial charge in [-0.25, -0.2) is 4.99 Å². The summed E-state index contributed by atoms with van der Waals surface area (Å²) in [6, 6.07) is 16.7. The molecule has 100 valence electrons. The van der Waals surface area contributed by atoms with Gasteiger partial charge in [0.2, 0.25) is 5.96 Å².